The van der Waals surface area contributed by atoms with Crippen LogP contribution in [-0.2, 0) is 11.3 Å². The second-order valence-corrected chi connectivity index (χ2v) is 6.94. The first-order chi connectivity index (χ1) is 14.2. The first-order valence-electron chi connectivity index (χ1n) is 10.1. The number of carbonyl (C=O) groups is 1. The number of nitrogens with one attached hydrogen (secondary N) is 1. The maximum atomic E-state index is 11.7. The van der Waals surface area contributed by atoms with Crippen molar-refractivity contribution >= 4 is 35.9 Å². The number of esters is 1. The highest BCUT2D eigenvalue weighted by Crippen LogP contribution is 2.18. The highest BCUT2D eigenvalue weighted by atomic mass is 127. The van der Waals surface area contributed by atoms with Crippen LogP contribution >= 0.6 is 24.0 Å². The fraction of sp³-hybridized carbons (Fsp3) is 0.391. The van der Waals surface area contributed by atoms with Crippen LogP contribution in [0, 0.1) is 0 Å². The number of aliphatic imine (C=N–C) groups is 1. The van der Waals surface area contributed by atoms with E-state index in [-0.39, 0.29) is 36.0 Å². The van der Waals surface area contributed by atoms with Crippen molar-refractivity contribution in [1.29, 1.82) is 0 Å². The smallest absolute Gasteiger partial charge is 0.338 e. The Labute approximate surface area is 195 Å². The molecule has 0 aromatic heterocycles. The first-order valence-corrected chi connectivity index (χ1v) is 10.1. The van der Waals surface area contributed by atoms with Gasteiger partial charge in [-0.2, -0.15) is 0 Å². The van der Waals surface area contributed by atoms with Crippen molar-refractivity contribution in [2.24, 2.45) is 4.99 Å². The molecule has 1 aliphatic rings. The quantitative estimate of drug-likeness (QED) is 0.268. The molecule has 30 heavy (non-hydrogen) atoms. The van der Waals surface area contributed by atoms with Crippen LogP contribution in [0.3, 0.4) is 0 Å². The number of carbonyl (C=O) groups excluding carboxylic acids is 1. The van der Waals surface area contributed by atoms with E-state index < -0.39 is 0 Å². The minimum absolute atomic E-state index is 0. The Morgan fingerprint density at radius 1 is 1.10 bits per heavy atom. The van der Waals surface area contributed by atoms with Gasteiger partial charge in [0, 0.05) is 39.5 Å². The summed E-state index contributed by atoms with van der Waals surface area (Å²) in [6.07, 6.45) is 2.16. The zero-order valence-electron chi connectivity index (χ0n) is 17.5. The topological polar surface area (TPSA) is 63.2 Å². The van der Waals surface area contributed by atoms with E-state index in [0.717, 1.165) is 43.2 Å². The van der Waals surface area contributed by atoms with Crippen molar-refractivity contribution in [3.8, 4) is 5.75 Å². The van der Waals surface area contributed by atoms with Gasteiger partial charge in [-0.1, -0.05) is 30.3 Å². The number of hydrogen-bond donors (Lipinski definition) is 1. The molecule has 0 bridgehead atoms. The van der Waals surface area contributed by atoms with E-state index in [1.165, 1.54) is 0 Å². The van der Waals surface area contributed by atoms with Gasteiger partial charge >= 0.3 is 5.97 Å². The molecule has 162 valence electrons. The molecule has 1 heterocycles. The maximum Gasteiger partial charge on any atom is 0.338 e. The summed E-state index contributed by atoms with van der Waals surface area (Å²) >= 11 is 0. The number of halogens is 1. The van der Waals surface area contributed by atoms with Crippen molar-refractivity contribution < 1.29 is 14.3 Å². The van der Waals surface area contributed by atoms with Gasteiger partial charge in [0.15, 0.2) is 5.96 Å². The second kappa shape index (κ2) is 12.4. The molecular weight excluding hydrogens is 493 g/mol. The maximum absolute atomic E-state index is 11.7. The van der Waals surface area contributed by atoms with Gasteiger partial charge in [0.1, 0.15) is 11.9 Å². The molecule has 1 N–H and O–H groups in total. The molecule has 0 atom stereocenters. The van der Waals surface area contributed by atoms with Gasteiger partial charge in [0.05, 0.1) is 12.2 Å². The third-order valence-electron chi connectivity index (χ3n) is 4.91. The Morgan fingerprint density at radius 2 is 1.77 bits per heavy atom. The lowest BCUT2D eigenvalue weighted by Gasteiger charge is -2.34. The fourth-order valence-electron chi connectivity index (χ4n) is 3.36. The summed E-state index contributed by atoms with van der Waals surface area (Å²) < 4.78 is 11.1. The lowest BCUT2D eigenvalue weighted by Crippen LogP contribution is -2.47. The monoisotopic (exact) mass is 523 g/mol. The molecule has 0 aliphatic carbocycles. The number of likely N-dealkylation sites (tertiary alicyclic amines) is 1. The van der Waals surface area contributed by atoms with E-state index in [9.17, 15) is 4.79 Å². The molecule has 6 nitrogen and oxygen atoms in total. The fourth-order valence-corrected chi connectivity index (χ4v) is 3.36. The SMILES string of the molecule is CCOC(=O)c1ccc(CNC(=NC)N2CCC(Oc3ccccc3)CC2)cc1.I. The lowest BCUT2D eigenvalue weighted by atomic mass is 10.1. The van der Waals surface area contributed by atoms with Gasteiger partial charge in [-0.15, -0.1) is 24.0 Å². The van der Waals surface area contributed by atoms with Crippen molar-refractivity contribution in [2.75, 3.05) is 26.7 Å². The normalized spacial score (nSPS) is 14.6. The highest BCUT2D eigenvalue weighted by molar-refractivity contribution is 14.0. The molecular formula is C23H30IN3O3. The van der Waals surface area contributed by atoms with Crippen LogP contribution in [0.25, 0.3) is 0 Å². The van der Waals surface area contributed by atoms with Crippen molar-refractivity contribution in [3.05, 3.63) is 65.7 Å². The first kappa shape index (κ1) is 24.0. The number of nitrogens with zero attached hydrogens (tertiary/aromatic N) is 2. The highest BCUT2D eigenvalue weighted by Gasteiger charge is 2.22. The molecule has 0 radical (unpaired) electrons. The summed E-state index contributed by atoms with van der Waals surface area (Å²) in [6.45, 7) is 4.64. The van der Waals surface area contributed by atoms with E-state index in [0.29, 0.717) is 18.7 Å². The molecule has 1 saturated heterocycles. The van der Waals surface area contributed by atoms with E-state index in [2.05, 4.69) is 15.2 Å². The van der Waals surface area contributed by atoms with Crippen LogP contribution in [0.2, 0.25) is 0 Å². The minimum atomic E-state index is -0.289. The Hall–Kier alpha value is -2.29. The van der Waals surface area contributed by atoms with Gasteiger partial charge in [-0.3, -0.25) is 4.99 Å². The molecule has 2 aromatic rings. The van der Waals surface area contributed by atoms with E-state index >= 15 is 0 Å². The largest absolute Gasteiger partial charge is 0.490 e. The molecule has 2 aromatic carbocycles. The molecule has 0 unspecified atom stereocenters. The number of guanidine groups is 1. The molecule has 0 saturated carbocycles. The molecule has 3 rings (SSSR count). The zero-order valence-corrected chi connectivity index (χ0v) is 19.9. The molecule has 1 fully saturated rings. The van der Waals surface area contributed by atoms with Gasteiger partial charge < -0.3 is 19.7 Å². The van der Waals surface area contributed by atoms with Crippen LogP contribution in [0.1, 0.15) is 35.7 Å². The molecule has 0 amide bonds. The summed E-state index contributed by atoms with van der Waals surface area (Å²) in [5, 5.41) is 3.41. The summed E-state index contributed by atoms with van der Waals surface area (Å²) in [4.78, 5) is 18.4. The van der Waals surface area contributed by atoms with Crippen LogP contribution in [0.15, 0.2) is 59.6 Å². The number of rotatable bonds is 6. The zero-order chi connectivity index (χ0) is 20.5. The summed E-state index contributed by atoms with van der Waals surface area (Å²) in [5.74, 6) is 1.53. The number of ether oxygens (including phenoxy) is 2. The third kappa shape index (κ3) is 6.90. The van der Waals surface area contributed by atoms with Gasteiger partial charge in [0.2, 0.25) is 0 Å². The summed E-state index contributed by atoms with van der Waals surface area (Å²) in [7, 11) is 1.80. The number of hydrogen-bond acceptors (Lipinski definition) is 4. The van der Waals surface area contributed by atoms with Gasteiger partial charge in [0.25, 0.3) is 0 Å². The average molecular weight is 523 g/mol. The van der Waals surface area contributed by atoms with E-state index in [1.54, 1.807) is 26.1 Å². The van der Waals surface area contributed by atoms with Crippen LogP contribution in [-0.4, -0.2) is 49.7 Å². The Balaban J connectivity index is 0.00000320. The number of benzene rings is 2. The van der Waals surface area contributed by atoms with Crippen LogP contribution in [0.5, 0.6) is 5.75 Å². The minimum Gasteiger partial charge on any atom is -0.490 e. The Morgan fingerprint density at radius 3 is 2.37 bits per heavy atom. The predicted octanol–water partition coefficient (Wildman–Crippen LogP) is 4.10. The molecule has 7 heteroatoms. The van der Waals surface area contributed by atoms with E-state index in [1.807, 2.05) is 42.5 Å². The standard InChI is InChI=1S/C23H29N3O3.HI/c1-3-28-22(27)19-11-9-18(10-12-19)17-25-23(24-2)26-15-13-21(14-16-26)29-20-7-5-4-6-8-20;/h4-12,21H,3,13-17H2,1-2H3,(H,24,25);1H. The molecule has 0 spiro atoms. The number of para-hydroxylation sites is 1. The van der Waals surface area contributed by atoms with Crippen LogP contribution < -0.4 is 10.1 Å². The summed E-state index contributed by atoms with van der Waals surface area (Å²) in [6, 6.07) is 17.5. The lowest BCUT2D eigenvalue weighted by molar-refractivity contribution is 0.0526. The Kier molecular flexibility index (Phi) is 9.93. The van der Waals surface area contributed by atoms with Gasteiger partial charge in [-0.05, 0) is 36.8 Å². The van der Waals surface area contributed by atoms with Crippen LogP contribution in [0.4, 0.5) is 0 Å². The average Bonchev–Trinajstić information content (AvgIpc) is 2.76. The number of piperidine rings is 1. The van der Waals surface area contributed by atoms with Crippen molar-refractivity contribution in [1.82, 2.24) is 10.2 Å². The van der Waals surface area contributed by atoms with Gasteiger partial charge in [-0.25, -0.2) is 4.79 Å². The van der Waals surface area contributed by atoms with Crippen molar-refractivity contribution in [3.63, 3.8) is 0 Å². The van der Waals surface area contributed by atoms with E-state index in [4.69, 9.17) is 9.47 Å². The predicted molar refractivity (Wildman–Crippen MR) is 130 cm³/mol. The Bertz CT molecular complexity index is 804. The third-order valence-corrected chi connectivity index (χ3v) is 4.91. The second-order valence-electron chi connectivity index (χ2n) is 6.94. The van der Waals surface area contributed by atoms with Crippen molar-refractivity contribution in [2.45, 2.75) is 32.4 Å². The molecule has 1 aliphatic heterocycles. The summed E-state index contributed by atoms with van der Waals surface area (Å²) in [5.41, 5.74) is 1.65.